The summed E-state index contributed by atoms with van der Waals surface area (Å²) in [5.41, 5.74) is 6.61. The molecular formula is C18H21Cl. The molecule has 0 aliphatic carbocycles. The van der Waals surface area contributed by atoms with Crippen LogP contribution >= 0.6 is 11.6 Å². The molecule has 0 amide bonds. The standard InChI is InChI=1S/C18H21Cl/c1-4-16-7-5-6-8-17(16)18(19)12-15-10-9-13(2)14(3)11-15/h5-11,18H,4,12H2,1-3H3. The van der Waals surface area contributed by atoms with Gasteiger partial charge in [0.05, 0.1) is 5.38 Å². The Morgan fingerprint density at radius 1 is 1.00 bits per heavy atom. The lowest BCUT2D eigenvalue weighted by Crippen LogP contribution is -2.00. The molecule has 2 aromatic rings. The van der Waals surface area contributed by atoms with Crippen LogP contribution in [0.25, 0.3) is 0 Å². The van der Waals surface area contributed by atoms with Gasteiger partial charge < -0.3 is 0 Å². The first kappa shape index (κ1) is 14.1. The van der Waals surface area contributed by atoms with Crippen LogP contribution < -0.4 is 0 Å². The largest absolute Gasteiger partial charge is 0.117 e. The molecule has 0 fully saturated rings. The van der Waals surface area contributed by atoms with Gasteiger partial charge in [-0.15, -0.1) is 11.6 Å². The van der Waals surface area contributed by atoms with Gasteiger partial charge in [0.2, 0.25) is 0 Å². The lowest BCUT2D eigenvalue weighted by molar-refractivity contribution is 0.893. The minimum atomic E-state index is 0.0539. The zero-order chi connectivity index (χ0) is 13.8. The minimum Gasteiger partial charge on any atom is -0.117 e. The van der Waals surface area contributed by atoms with E-state index in [0.29, 0.717) is 0 Å². The van der Waals surface area contributed by atoms with E-state index in [1.54, 1.807) is 0 Å². The van der Waals surface area contributed by atoms with Crippen molar-refractivity contribution >= 4 is 11.6 Å². The SMILES string of the molecule is CCc1ccccc1C(Cl)Cc1ccc(C)c(C)c1. The second-order valence-electron chi connectivity index (χ2n) is 5.14. The quantitative estimate of drug-likeness (QED) is 0.655. The summed E-state index contributed by atoms with van der Waals surface area (Å²) in [5.74, 6) is 0. The van der Waals surface area contributed by atoms with E-state index in [1.165, 1.54) is 27.8 Å². The highest BCUT2D eigenvalue weighted by atomic mass is 35.5. The summed E-state index contributed by atoms with van der Waals surface area (Å²) < 4.78 is 0. The van der Waals surface area contributed by atoms with Crippen molar-refractivity contribution in [3.05, 3.63) is 70.3 Å². The number of benzene rings is 2. The van der Waals surface area contributed by atoms with E-state index in [0.717, 1.165) is 12.8 Å². The van der Waals surface area contributed by atoms with Crippen molar-refractivity contribution in [3.63, 3.8) is 0 Å². The molecule has 19 heavy (non-hydrogen) atoms. The Morgan fingerprint density at radius 3 is 2.42 bits per heavy atom. The zero-order valence-electron chi connectivity index (χ0n) is 11.9. The van der Waals surface area contributed by atoms with Gasteiger partial charge in [-0.1, -0.05) is 49.4 Å². The van der Waals surface area contributed by atoms with Crippen LogP contribution in [0.1, 0.15) is 40.1 Å². The number of alkyl halides is 1. The molecule has 0 radical (unpaired) electrons. The lowest BCUT2D eigenvalue weighted by Gasteiger charge is -2.15. The maximum Gasteiger partial charge on any atom is 0.0628 e. The Bertz CT molecular complexity index is 557. The van der Waals surface area contributed by atoms with Crippen LogP contribution in [0, 0.1) is 13.8 Å². The Labute approximate surface area is 121 Å². The Hall–Kier alpha value is -1.27. The van der Waals surface area contributed by atoms with E-state index >= 15 is 0 Å². The molecule has 0 spiro atoms. The van der Waals surface area contributed by atoms with Gasteiger partial charge in [-0.3, -0.25) is 0 Å². The fraction of sp³-hybridized carbons (Fsp3) is 0.333. The highest BCUT2D eigenvalue weighted by Gasteiger charge is 2.12. The Kier molecular flexibility index (Phi) is 4.66. The van der Waals surface area contributed by atoms with Gasteiger partial charge in [-0.25, -0.2) is 0 Å². The highest BCUT2D eigenvalue weighted by molar-refractivity contribution is 6.21. The molecule has 0 aromatic heterocycles. The van der Waals surface area contributed by atoms with E-state index in [-0.39, 0.29) is 5.38 Å². The summed E-state index contributed by atoms with van der Waals surface area (Å²) in [6.07, 6.45) is 1.92. The highest BCUT2D eigenvalue weighted by Crippen LogP contribution is 2.28. The van der Waals surface area contributed by atoms with E-state index < -0.39 is 0 Å². The fourth-order valence-electron chi connectivity index (χ4n) is 2.41. The first-order chi connectivity index (χ1) is 9.11. The van der Waals surface area contributed by atoms with Crippen LogP contribution in [0.5, 0.6) is 0 Å². The zero-order valence-corrected chi connectivity index (χ0v) is 12.7. The molecule has 0 nitrogen and oxygen atoms in total. The molecule has 0 aliphatic heterocycles. The van der Waals surface area contributed by atoms with E-state index in [9.17, 15) is 0 Å². The summed E-state index contributed by atoms with van der Waals surface area (Å²) in [6, 6.07) is 15.1. The molecule has 1 heteroatoms. The molecule has 2 aromatic carbocycles. The number of hydrogen-bond donors (Lipinski definition) is 0. The predicted molar refractivity (Wildman–Crippen MR) is 84.0 cm³/mol. The van der Waals surface area contributed by atoms with Crippen LogP contribution in [-0.2, 0) is 12.8 Å². The van der Waals surface area contributed by atoms with Crippen molar-refractivity contribution < 1.29 is 0 Å². The van der Waals surface area contributed by atoms with Crippen molar-refractivity contribution in [1.82, 2.24) is 0 Å². The van der Waals surface area contributed by atoms with Crippen LogP contribution in [0.15, 0.2) is 42.5 Å². The summed E-state index contributed by atoms with van der Waals surface area (Å²) in [7, 11) is 0. The van der Waals surface area contributed by atoms with Crippen molar-refractivity contribution in [3.8, 4) is 0 Å². The third-order valence-corrected chi connectivity index (χ3v) is 4.15. The molecule has 0 saturated carbocycles. The number of hydrogen-bond acceptors (Lipinski definition) is 0. The topological polar surface area (TPSA) is 0 Å². The van der Waals surface area contributed by atoms with Crippen molar-refractivity contribution in [2.24, 2.45) is 0 Å². The summed E-state index contributed by atoms with van der Waals surface area (Å²) in [4.78, 5) is 0. The van der Waals surface area contributed by atoms with Crippen LogP contribution in [-0.4, -0.2) is 0 Å². The predicted octanol–water partition coefficient (Wildman–Crippen LogP) is 5.39. The monoisotopic (exact) mass is 272 g/mol. The molecule has 0 aliphatic rings. The lowest BCUT2D eigenvalue weighted by atomic mass is 9.96. The van der Waals surface area contributed by atoms with Gasteiger partial charge in [0.15, 0.2) is 0 Å². The average Bonchev–Trinajstić information content (AvgIpc) is 2.43. The second kappa shape index (κ2) is 6.25. The molecule has 1 atom stereocenters. The number of aryl methyl sites for hydroxylation is 3. The summed E-state index contributed by atoms with van der Waals surface area (Å²) in [5, 5.41) is 0.0539. The molecule has 0 saturated heterocycles. The van der Waals surface area contributed by atoms with Gasteiger partial charge >= 0.3 is 0 Å². The Balaban J connectivity index is 2.20. The van der Waals surface area contributed by atoms with Gasteiger partial charge in [-0.2, -0.15) is 0 Å². The van der Waals surface area contributed by atoms with Crippen LogP contribution in [0.4, 0.5) is 0 Å². The number of rotatable bonds is 4. The minimum absolute atomic E-state index is 0.0539. The first-order valence-electron chi connectivity index (χ1n) is 6.89. The van der Waals surface area contributed by atoms with Gasteiger partial charge in [0.1, 0.15) is 0 Å². The van der Waals surface area contributed by atoms with Gasteiger partial charge in [-0.05, 0) is 54.5 Å². The molecule has 100 valence electrons. The maximum absolute atomic E-state index is 6.62. The van der Waals surface area contributed by atoms with Crippen molar-refractivity contribution in [2.75, 3.05) is 0 Å². The number of halogens is 1. The molecule has 0 heterocycles. The third kappa shape index (κ3) is 3.39. The normalized spacial score (nSPS) is 12.4. The van der Waals surface area contributed by atoms with E-state index in [2.05, 4.69) is 63.2 Å². The first-order valence-corrected chi connectivity index (χ1v) is 7.33. The van der Waals surface area contributed by atoms with E-state index in [4.69, 9.17) is 11.6 Å². The van der Waals surface area contributed by atoms with Crippen LogP contribution in [0.2, 0.25) is 0 Å². The smallest absolute Gasteiger partial charge is 0.0628 e. The van der Waals surface area contributed by atoms with Gasteiger partial charge in [0.25, 0.3) is 0 Å². The Morgan fingerprint density at radius 2 is 1.74 bits per heavy atom. The molecule has 0 N–H and O–H groups in total. The molecule has 1 unspecified atom stereocenters. The maximum atomic E-state index is 6.62. The second-order valence-corrected chi connectivity index (χ2v) is 5.67. The fourth-order valence-corrected chi connectivity index (χ4v) is 2.80. The van der Waals surface area contributed by atoms with Crippen molar-refractivity contribution in [1.29, 1.82) is 0 Å². The molecule has 0 bridgehead atoms. The third-order valence-electron chi connectivity index (χ3n) is 3.76. The summed E-state index contributed by atoms with van der Waals surface area (Å²) in [6.45, 7) is 6.48. The van der Waals surface area contributed by atoms with Crippen molar-refractivity contribution in [2.45, 2.75) is 39.0 Å². The molecule has 2 rings (SSSR count). The van der Waals surface area contributed by atoms with E-state index in [1.807, 2.05) is 0 Å². The average molecular weight is 273 g/mol. The molecular weight excluding hydrogens is 252 g/mol. The van der Waals surface area contributed by atoms with Crippen LogP contribution in [0.3, 0.4) is 0 Å². The van der Waals surface area contributed by atoms with Gasteiger partial charge in [0, 0.05) is 0 Å². The summed E-state index contributed by atoms with van der Waals surface area (Å²) >= 11 is 6.62.